The van der Waals surface area contributed by atoms with E-state index in [4.69, 9.17) is 23.7 Å². The van der Waals surface area contributed by atoms with Gasteiger partial charge in [0.1, 0.15) is 0 Å². The van der Waals surface area contributed by atoms with Crippen molar-refractivity contribution in [2.45, 2.75) is 19.9 Å². The van der Waals surface area contributed by atoms with Crippen LogP contribution in [-0.4, -0.2) is 50.5 Å². The second kappa shape index (κ2) is 11.6. The number of methoxy groups -OCH3 is 4. The van der Waals surface area contributed by atoms with Crippen LogP contribution in [0.1, 0.15) is 31.0 Å². The maximum atomic E-state index is 13.9. The largest absolute Gasteiger partial charge is 0.493 e. The fourth-order valence-electron chi connectivity index (χ4n) is 4.43. The fraction of sp³-hybridized carbons (Fsp3) is 0.296. The van der Waals surface area contributed by atoms with Crippen molar-refractivity contribution < 1.29 is 33.4 Å². The Bertz CT molecular complexity index is 1700. The molecule has 0 unspecified atom stereocenters. The van der Waals surface area contributed by atoms with Crippen LogP contribution in [0.5, 0.6) is 23.0 Å². The zero-order valence-electron chi connectivity index (χ0n) is 22.7. The molecule has 0 spiro atoms. The predicted molar refractivity (Wildman–Crippen MR) is 146 cm³/mol. The van der Waals surface area contributed by atoms with Crippen molar-refractivity contribution in [2.75, 3.05) is 35.0 Å². The lowest BCUT2D eigenvalue weighted by Gasteiger charge is -2.25. The Balaban J connectivity index is 2.01. The first-order valence-electron chi connectivity index (χ1n) is 12.0. The Labute approximate surface area is 232 Å². The summed E-state index contributed by atoms with van der Waals surface area (Å²) in [5.74, 6) is 0.693. The molecule has 1 aliphatic heterocycles. The summed E-state index contributed by atoms with van der Waals surface area (Å²) >= 11 is 1.04. The highest BCUT2D eigenvalue weighted by atomic mass is 32.1. The average molecular weight is 570 g/mol. The molecule has 0 radical (unpaired) electrons. The van der Waals surface area contributed by atoms with E-state index in [1.807, 2.05) is 0 Å². The number of nitrogens with zero attached hydrogens (tertiary/aromatic N) is 3. The Morgan fingerprint density at radius 2 is 1.68 bits per heavy atom. The molecule has 0 amide bonds. The van der Waals surface area contributed by atoms with Crippen LogP contribution in [-0.2, 0) is 9.53 Å². The molecule has 40 heavy (non-hydrogen) atoms. The smallest absolute Gasteiger partial charge is 0.338 e. The van der Waals surface area contributed by atoms with Crippen molar-refractivity contribution in [1.82, 2.24) is 4.57 Å². The summed E-state index contributed by atoms with van der Waals surface area (Å²) in [6.45, 7) is 3.47. The topological polar surface area (TPSA) is 141 Å². The van der Waals surface area contributed by atoms with E-state index in [9.17, 15) is 19.7 Å². The SMILES string of the molecule is CCOC(=O)C1=C(C)N=c2s/c(=C/c3cc(OC)c(OC)cc3[N+](=O)[O-])c(=O)n2[C@H]1c1ccc(OC)c(OC)c1. The second-order valence-corrected chi connectivity index (χ2v) is 9.45. The van der Waals surface area contributed by atoms with Crippen LogP contribution in [0.4, 0.5) is 5.69 Å². The van der Waals surface area contributed by atoms with Gasteiger partial charge in [0.05, 0.1) is 73.4 Å². The number of ether oxygens (including phenoxy) is 5. The number of carbonyl (C=O) groups is 1. The summed E-state index contributed by atoms with van der Waals surface area (Å²) in [6, 6.07) is 6.83. The van der Waals surface area contributed by atoms with E-state index >= 15 is 0 Å². The Morgan fingerprint density at radius 1 is 1.05 bits per heavy atom. The molecule has 12 nitrogen and oxygen atoms in total. The number of fused-ring (bicyclic) bond motifs is 1. The molecule has 1 atom stereocenters. The maximum Gasteiger partial charge on any atom is 0.338 e. The number of hydrogen-bond donors (Lipinski definition) is 0. The molecular weight excluding hydrogens is 542 g/mol. The summed E-state index contributed by atoms with van der Waals surface area (Å²) in [6.07, 6.45) is 1.40. The van der Waals surface area contributed by atoms with Gasteiger partial charge >= 0.3 is 5.97 Å². The van der Waals surface area contributed by atoms with Crippen LogP contribution in [0.15, 0.2) is 51.4 Å². The normalized spacial score (nSPS) is 14.8. The minimum Gasteiger partial charge on any atom is -0.493 e. The third-order valence-corrected chi connectivity index (χ3v) is 7.24. The molecule has 0 fully saturated rings. The number of aromatic nitrogens is 1. The monoisotopic (exact) mass is 569 g/mol. The molecule has 0 saturated carbocycles. The Hall–Kier alpha value is -4.65. The highest BCUT2D eigenvalue weighted by Gasteiger charge is 2.34. The number of benzene rings is 2. The van der Waals surface area contributed by atoms with Gasteiger partial charge in [-0.2, -0.15) is 0 Å². The summed E-state index contributed by atoms with van der Waals surface area (Å²) in [7, 11) is 5.76. The summed E-state index contributed by atoms with van der Waals surface area (Å²) < 4.78 is 28.2. The average Bonchev–Trinajstić information content (AvgIpc) is 3.25. The first-order chi connectivity index (χ1) is 19.2. The van der Waals surface area contributed by atoms with E-state index in [1.165, 1.54) is 51.2 Å². The Kier molecular flexibility index (Phi) is 8.24. The molecule has 0 bridgehead atoms. The van der Waals surface area contributed by atoms with E-state index in [2.05, 4.69) is 4.99 Å². The third-order valence-electron chi connectivity index (χ3n) is 6.26. The molecule has 1 aromatic heterocycles. The van der Waals surface area contributed by atoms with Crippen LogP contribution in [0.25, 0.3) is 6.08 Å². The molecule has 0 saturated heterocycles. The number of carbonyl (C=O) groups excluding carboxylic acids is 1. The van der Waals surface area contributed by atoms with E-state index in [0.717, 1.165) is 11.3 Å². The number of thiazole rings is 1. The van der Waals surface area contributed by atoms with Gasteiger partial charge in [0.25, 0.3) is 11.2 Å². The fourth-order valence-corrected chi connectivity index (χ4v) is 5.47. The van der Waals surface area contributed by atoms with Gasteiger partial charge < -0.3 is 23.7 Å². The molecule has 0 aliphatic carbocycles. The van der Waals surface area contributed by atoms with Crippen LogP contribution < -0.4 is 33.8 Å². The predicted octanol–water partition coefficient (Wildman–Crippen LogP) is 2.74. The van der Waals surface area contributed by atoms with Crippen molar-refractivity contribution in [3.8, 4) is 23.0 Å². The van der Waals surface area contributed by atoms with Gasteiger partial charge in [-0.05, 0) is 43.7 Å². The highest BCUT2D eigenvalue weighted by Crippen LogP contribution is 2.37. The van der Waals surface area contributed by atoms with Gasteiger partial charge in [0.15, 0.2) is 27.8 Å². The molecule has 210 valence electrons. The van der Waals surface area contributed by atoms with Gasteiger partial charge in [0.2, 0.25) is 0 Å². The molecule has 0 N–H and O–H groups in total. The first kappa shape index (κ1) is 28.4. The Morgan fingerprint density at radius 3 is 2.27 bits per heavy atom. The molecule has 13 heteroatoms. The number of nitro groups is 1. The lowest BCUT2D eigenvalue weighted by Crippen LogP contribution is -2.40. The summed E-state index contributed by atoms with van der Waals surface area (Å²) in [5.41, 5.74) is 0.482. The molecule has 2 heterocycles. The standard InChI is InChI=1S/C27H27N3O9S/c1-7-39-26(32)23-14(2)28-27-29(24(23)15-8-9-18(35-3)19(10-15)36-4)25(31)22(40-27)12-16-11-20(37-5)21(38-6)13-17(16)30(33)34/h8-13,24H,7H2,1-6H3/b22-12+/t24-/m0/s1. The summed E-state index contributed by atoms with van der Waals surface area (Å²) in [4.78, 5) is 43.1. The van der Waals surface area contributed by atoms with Crippen molar-refractivity contribution in [3.05, 3.63) is 82.5 Å². The number of hydrogen-bond acceptors (Lipinski definition) is 11. The lowest BCUT2D eigenvalue weighted by atomic mass is 9.95. The lowest BCUT2D eigenvalue weighted by molar-refractivity contribution is -0.385. The molecule has 3 aromatic rings. The van der Waals surface area contributed by atoms with E-state index in [0.29, 0.717) is 27.6 Å². The van der Waals surface area contributed by atoms with Gasteiger partial charge in [-0.1, -0.05) is 17.4 Å². The number of rotatable bonds is 9. The van der Waals surface area contributed by atoms with Crippen LogP contribution >= 0.6 is 11.3 Å². The van der Waals surface area contributed by atoms with Gasteiger partial charge in [0, 0.05) is 0 Å². The zero-order chi connectivity index (χ0) is 29.1. The zero-order valence-corrected chi connectivity index (χ0v) is 23.5. The van der Waals surface area contributed by atoms with Gasteiger partial charge in [-0.15, -0.1) is 0 Å². The maximum absolute atomic E-state index is 13.9. The highest BCUT2D eigenvalue weighted by molar-refractivity contribution is 7.07. The second-order valence-electron chi connectivity index (χ2n) is 8.44. The van der Waals surface area contributed by atoms with Gasteiger partial charge in [-0.25, -0.2) is 9.79 Å². The van der Waals surface area contributed by atoms with Crippen LogP contribution in [0.2, 0.25) is 0 Å². The molecule has 2 aromatic carbocycles. The molecule has 1 aliphatic rings. The minimum atomic E-state index is -0.905. The first-order valence-corrected chi connectivity index (χ1v) is 12.8. The molecular formula is C27H27N3O9S. The van der Waals surface area contributed by atoms with Crippen LogP contribution in [0, 0.1) is 10.1 Å². The van der Waals surface area contributed by atoms with E-state index in [-0.39, 0.29) is 39.5 Å². The summed E-state index contributed by atoms with van der Waals surface area (Å²) in [5, 5.41) is 11.8. The van der Waals surface area contributed by atoms with E-state index < -0.39 is 22.5 Å². The quantitative estimate of drug-likeness (QED) is 0.216. The van der Waals surface area contributed by atoms with Crippen molar-refractivity contribution in [3.63, 3.8) is 0 Å². The van der Waals surface area contributed by atoms with Crippen molar-refractivity contribution in [2.24, 2.45) is 4.99 Å². The van der Waals surface area contributed by atoms with Gasteiger partial charge in [-0.3, -0.25) is 19.5 Å². The number of nitro benzene ring substituents is 1. The third kappa shape index (κ3) is 5.02. The van der Waals surface area contributed by atoms with Crippen molar-refractivity contribution in [1.29, 1.82) is 0 Å². The molecule has 4 rings (SSSR count). The van der Waals surface area contributed by atoms with E-state index in [1.54, 1.807) is 32.0 Å². The van der Waals surface area contributed by atoms with Crippen LogP contribution in [0.3, 0.4) is 0 Å². The number of esters is 1. The van der Waals surface area contributed by atoms with Crippen molar-refractivity contribution >= 4 is 29.1 Å². The number of allylic oxidation sites excluding steroid dienone is 1. The minimum absolute atomic E-state index is 0.127.